The lowest BCUT2D eigenvalue weighted by atomic mass is 10.1. The highest BCUT2D eigenvalue weighted by molar-refractivity contribution is 5.89. The standard InChI is InChI=1S/C14H14O3/c1-14(2,3)17-13(16)12-8-6-11(7-9-12)5-4-10-15/h6-10H,1-3H3. The molecule has 1 aromatic rings. The van der Waals surface area contributed by atoms with Gasteiger partial charge in [0.2, 0.25) is 0 Å². The first-order valence-electron chi connectivity index (χ1n) is 5.21. The summed E-state index contributed by atoms with van der Waals surface area (Å²) < 4.78 is 5.21. The maximum absolute atomic E-state index is 11.7. The van der Waals surface area contributed by atoms with Crippen molar-refractivity contribution in [1.29, 1.82) is 0 Å². The van der Waals surface area contributed by atoms with Crippen LogP contribution in [-0.2, 0) is 9.53 Å². The highest BCUT2D eigenvalue weighted by Gasteiger charge is 2.17. The lowest BCUT2D eigenvalue weighted by Crippen LogP contribution is -2.23. The fourth-order valence-electron chi connectivity index (χ4n) is 1.14. The minimum absolute atomic E-state index is 0.368. The number of rotatable bonds is 1. The Hall–Kier alpha value is -2.08. The average molecular weight is 230 g/mol. The Morgan fingerprint density at radius 1 is 1.24 bits per heavy atom. The molecule has 1 rings (SSSR count). The van der Waals surface area contributed by atoms with E-state index in [0.717, 1.165) is 0 Å². The maximum Gasteiger partial charge on any atom is 0.338 e. The molecule has 3 nitrogen and oxygen atoms in total. The molecule has 17 heavy (non-hydrogen) atoms. The summed E-state index contributed by atoms with van der Waals surface area (Å²) >= 11 is 0. The highest BCUT2D eigenvalue weighted by atomic mass is 16.6. The van der Waals surface area contributed by atoms with Gasteiger partial charge >= 0.3 is 5.97 Å². The van der Waals surface area contributed by atoms with E-state index >= 15 is 0 Å². The van der Waals surface area contributed by atoms with Gasteiger partial charge in [0.05, 0.1) is 5.56 Å². The van der Waals surface area contributed by atoms with Crippen molar-refractivity contribution in [3.05, 3.63) is 35.4 Å². The number of benzene rings is 1. The molecule has 1 aromatic carbocycles. The number of ether oxygens (including phenoxy) is 1. The van der Waals surface area contributed by atoms with E-state index in [1.807, 2.05) is 20.8 Å². The van der Waals surface area contributed by atoms with Crippen molar-refractivity contribution in [1.82, 2.24) is 0 Å². The molecule has 0 aliphatic heterocycles. The van der Waals surface area contributed by atoms with Crippen molar-refractivity contribution >= 4 is 12.3 Å². The van der Waals surface area contributed by atoms with Crippen molar-refractivity contribution in [2.75, 3.05) is 0 Å². The largest absolute Gasteiger partial charge is 0.456 e. The van der Waals surface area contributed by atoms with Gasteiger partial charge < -0.3 is 4.74 Å². The van der Waals surface area contributed by atoms with E-state index in [4.69, 9.17) is 4.74 Å². The Balaban J connectivity index is 2.81. The van der Waals surface area contributed by atoms with Crippen LogP contribution in [0.5, 0.6) is 0 Å². The molecule has 88 valence electrons. The molecule has 0 saturated heterocycles. The summed E-state index contributed by atoms with van der Waals surface area (Å²) in [5.41, 5.74) is 0.647. The lowest BCUT2D eigenvalue weighted by molar-refractivity contribution is -0.103. The average Bonchev–Trinajstić information content (AvgIpc) is 2.24. The van der Waals surface area contributed by atoms with Gasteiger partial charge in [-0.1, -0.05) is 5.92 Å². The van der Waals surface area contributed by atoms with E-state index in [1.54, 1.807) is 24.3 Å². The summed E-state index contributed by atoms with van der Waals surface area (Å²) in [5, 5.41) is 0. The molecule has 0 bridgehead atoms. The summed E-state index contributed by atoms with van der Waals surface area (Å²) in [7, 11) is 0. The molecule has 0 fully saturated rings. The number of hydrogen-bond acceptors (Lipinski definition) is 3. The van der Waals surface area contributed by atoms with Crippen molar-refractivity contribution in [3.8, 4) is 11.8 Å². The van der Waals surface area contributed by atoms with Gasteiger partial charge in [0.25, 0.3) is 0 Å². The van der Waals surface area contributed by atoms with Gasteiger partial charge in [0.1, 0.15) is 5.60 Å². The van der Waals surface area contributed by atoms with Crippen LogP contribution in [0.25, 0.3) is 0 Å². The van der Waals surface area contributed by atoms with Crippen molar-refractivity contribution in [2.45, 2.75) is 26.4 Å². The zero-order chi connectivity index (χ0) is 12.9. The first kappa shape index (κ1) is 13.0. The third-order valence-electron chi connectivity index (χ3n) is 1.79. The Bertz CT molecular complexity index is 467. The number of aldehydes is 1. The molecule has 0 amide bonds. The van der Waals surface area contributed by atoms with Gasteiger partial charge in [-0.2, -0.15) is 0 Å². The quantitative estimate of drug-likeness (QED) is 0.422. The van der Waals surface area contributed by atoms with E-state index in [0.29, 0.717) is 17.4 Å². The molecule has 3 heteroatoms. The predicted octanol–water partition coefficient (Wildman–Crippen LogP) is 2.19. The van der Waals surface area contributed by atoms with E-state index in [9.17, 15) is 9.59 Å². The Morgan fingerprint density at radius 2 is 1.82 bits per heavy atom. The van der Waals surface area contributed by atoms with E-state index in [-0.39, 0.29) is 5.97 Å². The van der Waals surface area contributed by atoms with Crippen LogP contribution in [0.3, 0.4) is 0 Å². The zero-order valence-electron chi connectivity index (χ0n) is 10.1. The topological polar surface area (TPSA) is 43.4 Å². The van der Waals surface area contributed by atoms with Gasteiger partial charge in [-0.05, 0) is 51.0 Å². The second-order valence-electron chi connectivity index (χ2n) is 4.47. The lowest BCUT2D eigenvalue weighted by Gasteiger charge is -2.19. The van der Waals surface area contributed by atoms with Crippen LogP contribution in [0.15, 0.2) is 24.3 Å². The Labute approximate surface area is 101 Å². The van der Waals surface area contributed by atoms with Crippen molar-refractivity contribution in [3.63, 3.8) is 0 Å². The summed E-state index contributed by atoms with van der Waals surface area (Å²) in [4.78, 5) is 21.7. The van der Waals surface area contributed by atoms with Crippen LogP contribution in [0.4, 0.5) is 0 Å². The fraction of sp³-hybridized carbons (Fsp3) is 0.286. The third-order valence-corrected chi connectivity index (χ3v) is 1.79. The molecule has 0 aromatic heterocycles. The third kappa shape index (κ3) is 4.52. The number of carbonyl (C=O) groups excluding carboxylic acids is 2. The molecular formula is C14H14O3. The molecule has 0 atom stereocenters. The zero-order valence-corrected chi connectivity index (χ0v) is 10.1. The van der Waals surface area contributed by atoms with E-state index in [1.165, 1.54) is 0 Å². The normalized spacial score (nSPS) is 10.1. The summed E-state index contributed by atoms with van der Waals surface area (Å²) in [6, 6.07) is 6.61. The molecule has 0 saturated carbocycles. The molecule has 0 radical (unpaired) electrons. The van der Waals surface area contributed by atoms with E-state index < -0.39 is 5.60 Å². The molecule has 0 aliphatic rings. The SMILES string of the molecule is CC(C)(C)OC(=O)c1ccc(C#CC=O)cc1. The van der Waals surface area contributed by atoms with Crippen molar-refractivity contribution < 1.29 is 14.3 Å². The molecule has 0 heterocycles. The van der Waals surface area contributed by atoms with Gasteiger partial charge in [0.15, 0.2) is 6.29 Å². The smallest absolute Gasteiger partial charge is 0.338 e. The van der Waals surface area contributed by atoms with Gasteiger partial charge in [-0.3, -0.25) is 4.79 Å². The second-order valence-corrected chi connectivity index (χ2v) is 4.47. The van der Waals surface area contributed by atoms with E-state index in [2.05, 4.69) is 11.8 Å². The molecule has 0 aliphatic carbocycles. The first-order valence-corrected chi connectivity index (χ1v) is 5.21. The molecule has 0 unspecified atom stereocenters. The first-order chi connectivity index (χ1) is 7.92. The minimum Gasteiger partial charge on any atom is -0.456 e. The minimum atomic E-state index is -0.507. The monoisotopic (exact) mass is 230 g/mol. The fourth-order valence-corrected chi connectivity index (χ4v) is 1.14. The van der Waals surface area contributed by atoms with Gasteiger partial charge in [-0.15, -0.1) is 0 Å². The van der Waals surface area contributed by atoms with Crippen molar-refractivity contribution in [2.24, 2.45) is 0 Å². The Kier molecular flexibility index (Phi) is 4.06. The van der Waals surface area contributed by atoms with Gasteiger partial charge in [0, 0.05) is 5.56 Å². The number of hydrogen-bond donors (Lipinski definition) is 0. The van der Waals surface area contributed by atoms with Gasteiger partial charge in [-0.25, -0.2) is 4.79 Å². The number of esters is 1. The van der Waals surface area contributed by atoms with Crippen LogP contribution in [0.1, 0.15) is 36.7 Å². The summed E-state index contributed by atoms with van der Waals surface area (Å²) in [6.07, 6.45) is 0.530. The molecule has 0 N–H and O–H groups in total. The van der Waals surface area contributed by atoms with Crippen LogP contribution < -0.4 is 0 Å². The molecule has 0 spiro atoms. The summed E-state index contributed by atoms with van der Waals surface area (Å²) in [6.45, 7) is 5.44. The Morgan fingerprint density at radius 3 is 2.29 bits per heavy atom. The van der Waals surface area contributed by atoms with Crippen LogP contribution in [0, 0.1) is 11.8 Å². The maximum atomic E-state index is 11.7. The number of carbonyl (C=O) groups is 2. The van der Waals surface area contributed by atoms with Crippen LogP contribution in [0.2, 0.25) is 0 Å². The van der Waals surface area contributed by atoms with Crippen LogP contribution in [-0.4, -0.2) is 17.9 Å². The molecular weight excluding hydrogens is 216 g/mol. The van der Waals surface area contributed by atoms with Crippen LogP contribution >= 0.6 is 0 Å². The highest BCUT2D eigenvalue weighted by Crippen LogP contribution is 2.12. The second kappa shape index (κ2) is 5.31. The predicted molar refractivity (Wildman–Crippen MR) is 64.6 cm³/mol. The summed E-state index contributed by atoms with van der Waals surface area (Å²) in [5.74, 6) is 4.58.